The molecule has 0 bridgehead atoms. The van der Waals surface area contributed by atoms with E-state index in [9.17, 15) is 9.90 Å². The van der Waals surface area contributed by atoms with E-state index in [-0.39, 0.29) is 24.7 Å². The Morgan fingerprint density at radius 1 is 1.57 bits per heavy atom. The molecule has 6 nitrogen and oxygen atoms in total. The zero-order valence-corrected chi connectivity index (χ0v) is 12.6. The van der Waals surface area contributed by atoms with E-state index in [1.807, 2.05) is 6.92 Å². The predicted octanol–water partition coefficient (Wildman–Crippen LogP) is 1.13. The lowest BCUT2D eigenvalue weighted by Crippen LogP contribution is -2.50. The van der Waals surface area contributed by atoms with Gasteiger partial charge in [-0.1, -0.05) is 6.92 Å². The summed E-state index contributed by atoms with van der Waals surface area (Å²) >= 11 is 0. The number of aliphatic hydroxyl groups excluding tert-OH is 1. The number of ether oxygens (including phenoxy) is 1. The molecular weight excluding hydrogens is 270 g/mol. The Morgan fingerprint density at radius 3 is 3.10 bits per heavy atom. The third-order valence-electron chi connectivity index (χ3n) is 3.43. The van der Waals surface area contributed by atoms with E-state index in [2.05, 4.69) is 17.2 Å². The van der Waals surface area contributed by atoms with Gasteiger partial charge in [-0.05, 0) is 19.4 Å². The second-order valence-corrected chi connectivity index (χ2v) is 5.31. The number of anilines is 1. The Kier molecular flexibility index (Phi) is 5.52. The fraction of sp³-hybridized carbons (Fsp3) is 0.600. The summed E-state index contributed by atoms with van der Waals surface area (Å²) in [7, 11) is 0. The van der Waals surface area contributed by atoms with Gasteiger partial charge in [0.15, 0.2) is 0 Å². The lowest BCUT2D eigenvalue weighted by molar-refractivity contribution is -0.0858. The molecule has 1 saturated heterocycles. The predicted molar refractivity (Wildman–Crippen MR) is 80.3 cm³/mol. The molecule has 1 aromatic rings. The van der Waals surface area contributed by atoms with E-state index in [4.69, 9.17) is 4.74 Å². The maximum absolute atomic E-state index is 12.7. The lowest BCUT2D eigenvalue weighted by Gasteiger charge is -2.36. The normalized spacial score (nSPS) is 22.1. The molecule has 0 spiro atoms. The molecule has 0 aliphatic carbocycles. The molecule has 1 aliphatic heterocycles. The summed E-state index contributed by atoms with van der Waals surface area (Å²) in [6, 6.07) is 1.73. The van der Waals surface area contributed by atoms with Gasteiger partial charge in [-0.15, -0.1) is 0 Å². The summed E-state index contributed by atoms with van der Waals surface area (Å²) in [6.45, 7) is 5.64. The van der Waals surface area contributed by atoms with Gasteiger partial charge in [0, 0.05) is 25.8 Å². The molecule has 1 fully saturated rings. The second kappa shape index (κ2) is 7.38. The van der Waals surface area contributed by atoms with Crippen molar-refractivity contribution in [2.24, 2.45) is 0 Å². The Balaban J connectivity index is 2.15. The van der Waals surface area contributed by atoms with E-state index in [1.165, 1.54) is 0 Å². The SMILES string of the molecule is CCCNc1cnccc1C(=O)N1CC(C)OC(CO)C1. The molecule has 1 aliphatic rings. The van der Waals surface area contributed by atoms with Crippen molar-refractivity contribution in [3.8, 4) is 0 Å². The van der Waals surface area contributed by atoms with Crippen LogP contribution in [0.2, 0.25) is 0 Å². The van der Waals surface area contributed by atoms with Crippen LogP contribution in [0.25, 0.3) is 0 Å². The van der Waals surface area contributed by atoms with Gasteiger partial charge in [0.05, 0.1) is 36.3 Å². The maximum Gasteiger partial charge on any atom is 0.256 e. The highest BCUT2D eigenvalue weighted by Gasteiger charge is 2.29. The van der Waals surface area contributed by atoms with E-state index in [0.717, 1.165) is 18.7 Å². The first-order valence-electron chi connectivity index (χ1n) is 7.39. The van der Waals surface area contributed by atoms with Crippen molar-refractivity contribution in [1.82, 2.24) is 9.88 Å². The maximum atomic E-state index is 12.7. The molecule has 2 N–H and O–H groups in total. The molecule has 1 aromatic heterocycles. The van der Waals surface area contributed by atoms with Crippen LogP contribution < -0.4 is 5.32 Å². The molecule has 2 unspecified atom stereocenters. The molecule has 0 saturated carbocycles. The van der Waals surface area contributed by atoms with Crippen molar-refractivity contribution in [1.29, 1.82) is 0 Å². The van der Waals surface area contributed by atoms with E-state index < -0.39 is 0 Å². The number of rotatable bonds is 5. The molecule has 2 rings (SSSR count). The van der Waals surface area contributed by atoms with Crippen molar-refractivity contribution in [2.75, 3.05) is 31.6 Å². The minimum absolute atomic E-state index is 0.0513. The molecule has 21 heavy (non-hydrogen) atoms. The largest absolute Gasteiger partial charge is 0.394 e. The molecule has 2 heterocycles. The van der Waals surface area contributed by atoms with Crippen molar-refractivity contribution in [3.63, 3.8) is 0 Å². The number of morpholine rings is 1. The smallest absolute Gasteiger partial charge is 0.256 e. The number of aliphatic hydroxyl groups is 1. The summed E-state index contributed by atoms with van der Waals surface area (Å²) in [4.78, 5) is 18.5. The van der Waals surface area contributed by atoms with E-state index >= 15 is 0 Å². The molecule has 2 atom stereocenters. The van der Waals surface area contributed by atoms with Crippen LogP contribution in [0.5, 0.6) is 0 Å². The quantitative estimate of drug-likeness (QED) is 0.851. The van der Waals surface area contributed by atoms with Crippen LogP contribution in [0.4, 0.5) is 5.69 Å². The Bertz CT molecular complexity index is 481. The minimum Gasteiger partial charge on any atom is -0.394 e. The number of carbonyl (C=O) groups excluding carboxylic acids is 1. The zero-order chi connectivity index (χ0) is 15.2. The van der Waals surface area contributed by atoms with Gasteiger partial charge >= 0.3 is 0 Å². The fourth-order valence-electron chi connectivity index (χ4n) is 2.46. The average Bonchev–Trinajstić information content (AvgIpc) is 2.51. The third kappa shape index (κ3) is 3.92. The standard InChI is InChI=1S/C15H23N3O3/c1-3-5-17-14-7-16-6-4-13(14)15(20)18-8-11(2)21-12(9-18)10-19/h4,6-7,11-12,17,19H,3,5,8-10H2,1-2H3. The number of hydrogen-bond donors (Lipinski definition) is 2. The summed E-state index contributed by atoms with van der Waals surface area (Å²) < 4.78 is 5.57. The van der Waals surface area contributed by atoms with Gasteiger partial charge in [-0.25, -0.2) is 0 Å². The van der Waals surface area contributed by atoms with E-state index in [0.29, 0.717) is 18.7 Å². The van der Waals surface area contributed by atoms with Crippen LogP contribution in [0, 0.1) is 0 Å². The first kappa shape index (κ1) is 15.7. The summed E-state index contributed by atoms with van der Waals surface area (Å²) in [6.07, 6.45) is 3.89. The highest BCUT2D eigenvalue weighted by molar-refractivity contribution is 5.99. The Morgan fingerprint density at radius 2 is 2.38 bits per heavy atom. The van der Waals surface area contributed by atoms with Crippen molar-refractivity contribution >= 4 is 11.6 Å². The van der Waals surface area contributed by atoms with Crippen molar-refractivity contribution in [3.05, 3.63) is 24.0 Å². The highest BCUT2D eigenvalue weighted by Crippen LogP contribution is 2.19. The molecule has 6 heteroatoms. The molecule has 116 valence electrons. The summed E-state index contributed by atoms with van der Waals surface area (Å²) in [5.41, 5.74) is 1.37. The zero-order valence-electron chi connectivity index (χ0n) is 12.6. The first-order valence-corrected chi connectivity index (χ1v) is 7.39. The lowest BCUT2D eigenvalue weighted by atomic mass is 10.1. The van der Waals surface area contributed by atoms with Gasteiger partial charge in [0.1, 0.15) is 0 Å². The van der Waals surface area contributed by atoms with Crippen LogP contribution in [-0.2, 0) is 4.74 Å². The molecule has 0 radical (unpaired) electrons. The van der Waals surface area contributed by atoms with Crippen LogP contribution in [0.15, 0.2) is 18.5 Å². The highest BCUT2D eigenvalue weighted by atomic mass is 16.5. The number of nitrogens with one attached hydrogen (secondary N) is 1. The van der Waals surface area contributed by atoms with Gasteiger partial charge in [-0.3, -0.25) is 9.78 Å². The molecule has 0 aromatic carbocycles. The van der Waals surface area contributed by atoms with Gasteiger partial charge in [-0.2, -0.15) is 0 Å². The monoisotopic (exact) mass is 293 g/mol. The topological polar surface area (TPSA) is 74.7 Å². The number of nitrogens with zero attached hydrogens (tertiary/aromatic N) is 2. The second-order valence-electron chi connectivity index (χ2n) is 5.31. The van der Waals surface area contributed by atoms with E-state index in [1.54, 1.807) is 23.4 Å². The van der Waals surface area contributed by atoms with Crippen molar-refractivity contribution < 1.29 is 14.6 Å². The van der Waals surface area contributed by atoms with Crippen LogP contribution in [0.3, 0.4) is 0 Å². The van der Waals surface area contributed by atoms with Crippen LogP contribution in [-0.4, -0.2) is 59.3 Å². The molecular formula is C15H23N3O3. The fourth-order valence-corrected chi connectivity index (χ4v) is 2.46. The molecule has 1 amide bonds. The Labute approximate surface area is 125 Å². The van der Waals surface area contributed by atoms with Gasteiger partial charge < -0.3 is 20.1 Å². The first-order chi connectivity index (χ1) is 10.2. The number of pyridine rings is 1. The van der Waals surface area contributed by atoms with Crippen LogP contribution in [0.1, 0.15) is 30.6 Å². The van der Waals surface area contributed by atoms with Crippen molar-refractivity contribution in [2.45, 2.75) is 32.5 Å². The summed E-state index contributed by atoms with van der Waals surface area (Å²) in [5.74, 6) is -0.0513. The third-order valence-corrected chi connectivity index (χ3v) is 3.43. The minimum atomic E-state index is -0.313. The average molecular weight is 293 g/mol. The van der Waals surface area contributed by atoms with Gasteiger partial charge in [0.25, 0.3) is 5.91 Å². The van der Waals surface area contributed by atoms with Gasteiger partial charge in [0.2, 0.25) is 0 Å². The Hall–Kier alpha value is -1.66. The number of aromatic nitrogens is 1. The number of amides is 1. The number of hydrogen-bond acceptors (Lipinski definition) is 5. The summed E-state index contributed by atoms with van der Waals surface area (Å²) in [5, 5.41) is 12.5. The number of carbonyl (C=O) groups is 1. The van der Waals surface area contributed by atoms with Crippen LogP contribution >= 0.6 is 0 Å².